The molecule has 2 heterocycles. The summed E-state index contributed by atoms with van der Waals surface area (Å²) in [5, 5.41) is 0. The molecule has 0 spiro atoms. The maximum absolute atomic E-state index is 12.6. The van der Waals surface area contributed by atoms with Crippen molar-refractivity contribution >= 4 is 11.6 Å². The van der Waals surface area contributed by atoms with Crippen molar-refractivity contribution in [2.45, 2.75) is 52.1 Å². The number of nitrogens with two attached hydrogens (primary N) is 1. The lowest BCUT2D eigenvalue weighted by molar-refractivity contribution is 0.0509. The Morgan fingerprint density at radius 2 is 2.00 bits per heavy atom. The molecule has 0 saturated carbocycles. The Labute approximate surface area is 108 Å². The Balaban J connectivity index is 2.32. The van der Waals surface area contributed by atoms with Crippen LogP contribution in [0, 0.1) is 6.92 Å². The maximum Gasteiger partial charge on any atom is 0.256 e. The van der Waals surface area contributed by atoms with Crippen molar-refractivity contribution in [3.05, 3.63) is 23.5 Å². The van der Waals surface area contributed by atoms with Crippen molar-refractivity contribution in [3.8, 4) is 0 Å². The number of carbonyl (C=O) groups is 1. The molecule has 1 saturated heterocycles. The second kappa shape index (κ2) is 4.96. The van der Waals surface area contributed by atoms with Crippen molar-refractivity contribution < 1.29 is 4.79 Å². The zero-order chi connectivity index (χ0) is 13.3. The average molecular weight is 247 g/mol. The number of amides is 1. The highest BCUT2D eigenvalue weighted by Gasteiger charge is 2.30. The van der Waals surface area contributed by atoms with Crippen LogP contribution in [0.3, 0.4) is 0 Å². The molecule has 1 aromatic heterocycles. The number of likely N-dealkylation sites (tertiary alicyclic amines) is 1. The SMILES string of the molecule is Cc1ncc(N)cc1C(=O)N1[C@H](C)CCC[C@@H]1C. The van der Waals surface area contributed by atoms with Crippen LogP contribution >= 0.6 is 0 Å². The van der Waals surface area contributed by atoms with Crippen LogP contribution in [0.1, 0.15) is 49.2 Å². The Kier molecular flexibility index (Phi) is 3.55. The number of pyridine rings is 1. The van der Waals surface area contributed by atoms with E-state index in [2.05, 4.69) is 18.8 Å². The van der Waals surface area contributed by atoms with Crippen molar-refractivity contribution in [1.29, 1.82) is 0 Å². The molecule has 1 aliphatic rings. The first-order valence-electron chi connectivity index (χ1n) is 6.55. The minimum absolute atomic E-state index is 0.0620. The lowest BCUT2D eigenvalue weighted by atomic mass is 9.96. The van der Waals surface area contributed by atoms with E-state index in [1.54, 1.807) is 12.3 Å². The summed E-state index contributed by atoms with van der Waals surface area (Å²) in [6, 6.07) is 2.32. The second-order valence-electron chi connectivity index (χ2n) is 5.24. The van der Waals surface area contributed by atoms with E-state index in [1.807, 2.05) is 11.8 Å². The number of anilines is 1. The number of nitrogens with zero attached hydrogens (tertiary/aromatic N) is 2. The maximum atomic E-state index is 12.6. The van der Waals surface area contributed by atoms with Gasteiger partial charge in [-0.15, -0.1) is 0 Å². The zero-order valence-electron chi connectivity index (χ0n) is 11.3. The molecule has 1 aliphatic heterocycles. The van der Waals surface area contributed by atoms with Crippen LogP contribution < -0.4 is 5.73 Å². The summed E-state index contributed by atoms with van der Waals surface area (Å²) < 4.78 is 0. The van der Waals surface area contributed by atoms with Crippen LogP contribution in [-0.2, 0) is 0 Å². The average Bonchev–Trinajstić information content (AvgIpc) is 2.32. The van der Waals surface area contributed by atoms with Gasteiger partial charge in [0, 0.05) is 12.1 Å². The van der Waals surface area contributed by atoms with E-state index in [0.29, 0.717) is 23.3 Å². The molecule has 0 bridgehead atoms. The molecule has 4 heteroatoms. The summed E-state index contributed by atoms with van der Waals surface area (Å²) >= 11 is 0. The molecule has 4 nitrogen and oxygen atoms in total. The third kappa shape index (κ3) is 2.33. The predicted octanol–water partition coefficient (Wildman–Crippen LogP) is 2.38. The highest BCUT2D eigenvalue weighted by molar-refractivity contribution is 5.96. The van der Waals surface area contributed by atoms with Gasteiger partial charge in [0.1, 0.15) is 0 Å². The number of piperidine rings is 1. The first-order valence-corrected chi connectivity index (χ1v) is 6.55. The van der Waals surface area contributed by atoms with Gasteiger partial charge in [-0.1, -0.05) is 0 Å². The van der Waals surface area contributed by atoms with Gasteiger partial charge in [0.2, 0.25) is 0 Å². The largest absolute Gasteiger partial charge is 0.397 e. The van der Waals surface area contributed by atoms with Gasteiger partial charge in [0.05, 0.1) is 23.1 Å². The van der Waals surface area contributed by atoms with E-state index >= 15 is 0 Å². The molecule has 2 atom stereocenters. The van der Waals surface area contributed by atoms with Crippen molar-refractivity contribution in [2.75, 3.05) is 5.73 Å². The smallest absolute Gasteiger partial charge is 0.256 e. The van der Waals surface area contributed by atoms with Gasteiger partial charge in [-0.25, -0.2) is 0 Å². The molecule has 2 rings (SSSR count). The molecule has 1 aromatic rings. The van der Waals surface area contributed by atoms with Gasteiger partial charge in [-0.3, -0.25) is 9.78 Å². The molecule has 18 heavy (non-hydrogen) atoms. The van der Waals surface area contributed by atoms with Crippen LogP contribution in [-0.4, -0.2) is 27.9 Å². The minimum Gasteiger partial charge on any atom is -0.397 e. The molecule has 1 amide bonds. The number of nitrogen functional groups attached to an aromatic ring is 1. The Morgan fingerprint density at radius 3 is 2.61 bits per heavy atom. The number of hydrogen-bond acceptors (Lipinski definition) is 3. The standard InChI is InChI=1S/C14H21N3O/c1-9-5-4-6-10(2)17(9)14(18)13-7-12(15)8-16-11(13)3/h7-10H,4-6,15H2,1-3H3/t9-,10+. The molecular formula is C14H21N3O. The lowest BCUT2D eigenvalue weighted by Crippen LogP contribution is -2.47. The summed E-state index contributed by atoms with van der Waals surface area (Å²) in [6.07, 6.45) is 4.94. The van der Waals surface area contributed by atoms with Gasteiger partial charge in [0.25, 0.3) is 5.91 Å². The highest BCUT2D eigenvalue weighted by atomic mass is 16.2. The van der Waals surface area contributed by atoms with E-state index in [9.17, 15) is 4.79 Å². The van der Waals surface area contributed by atoms with Crippen molar-refractivity contribution in [1.82, 2.24) is 9.88 Å². The van der Waals surface area contributed by atoms with Crippen LogP contribution in [0.15, 0.2) is 12.3 Å². The number of rotatable bonds is 1. The van der Waals surface area contributed by atoms with E-state index in [0.717, 1.165) is 18.5 Å². The third-order valence-corrected chi connectivity index (χ3v) is 3.77. The summed E-state index contributed by atoms with van der Waals surface area (Å²) in [6.45, 7) is 6.08. The predicted molar refractivity (Wildman–Crippen MR) is 72.3 cm³/mol. The molecule has 2 N–H and O–H groups in total. The lowest BCUT2D eigenvalue weighted by Gasteiger charge is -2.39. The number of hydrogen-bond donors (Lipinski definition) is 1. The first kappa shape index (κ1) is 12.9. The first-order chi connectivity index (χ1) is 8.50. The molecule has 1 fully saturated rings. The van der Waals surface area contributed by atoms with Gasteiger partial charge < -0.3 is 10.6 Å². The monoisotopic (exact) mass is 247 g/mol. The molecule has 0 radical (unpaired) electrons. The van der Waals surface area contributed by atoms with Gasteiger partial charge in [0.15, 0.2) is 0 Å². The van der Waals surface area contributed by atoms with Crippen molar-refractivity contribution in [2.24, 2.45) is 0 Å². The fraction of sp³-hybridized carbons (Fsp3) is 0.571. The van der Waals surface area contributed by atoms with Crippen LogP contribution in [0.25, 0.3) is 0 Å². The number of carbonyl (C=O) groups excluding carboxylic acids is 1. The topological polar surface area (TPSA) is 59.2 Å². The fourth-order valence-electron chi connectivity index (χ4n) is 2.73. The summed E-state index contributed by atoms with van der Waals surface area (Å²) in [5.41, 5.74) is 7.66. The van der Waals surface area contributed by atoms with Gasteiger partial charge in [-0.05, 0) is 46.1 Å². The fourth-order valence-corrected chi connectivity index (χ4v) is 2.73. The quantitative estimate of drug-likeness (QED) is 0.828. The molecule has 0 aromatic carbocycles. The summed E-state index contributed by atoms with van der Waals surface area (Å²) in [7, 11) is 0. The highest BCUT2D eigenvalue weighted by Crippen LogP contribution is 2.25. The van der Waals surface area contributed by atoms with Crippen molar-refractivity contribution in [3.63, 3.8) is 0 Å². The summed E-state index contributed by atoms with van der Waals surface area (Å²) in [5.74, 6) is 0.0620. The van der Waals surface area contributed by atoms with E-state index in [1.165, 1.54) is 6.42 Å². The Hall–Kier alpha value is -1.58. The van der Waals surface area contributed by atoms with Crippen LogP contribution in [0.4, 0.5) is 5.69 Å². The van der Waals surface area contributed by atoms with E-state index < -0.39 is 0 Å². The minimum atomic E-state index is 0.0620. The van der Waals surface area contributed by atoms with Gasteiger partial charge in [-0.2, -0.15) is 0 Å². The molecular weight excluding hydrogens is 226 g/mol. The Bertz CT molecular complexity index is 448. The van der Waals surface area contributed by atoms with Gasteiger partial charge >= 0.3 is 0 Å². The number of aryl methyl sites for hydroxylation is 1. The second-order valence-corrected chi connectivity index (χ2v) is 5.24. The zero-order valence-corrected chi connectivity index (χ0v) is 11.3. The molecule has 0 unspecified atom stereocenters. The molecule has 0 aliphatic carbocycles. The van der Waals surface area contributed by atoms with Crippen LogP contribution in [0.5, 0.6) is 0 Å². The van der Waals surface area contributed by atoms with E-state index in [4.69, 9.17) is 5.73 Å². The normalized spacial score (nSPS) is 24.1. The van der Waals surface area contributed by atoms with Crippen LogP contribution in [0.2, 0.25) is 0 Å². The molecule has 98 valence electrons. The van der Waals surface area contributed by atoms with E-state index in [-0.39, 0.29) is 5.91 Å². The summed E-state index contributed by atoms with van der Waals surface area (Å²) in [4.78, 5) is 18.8. The third-order valence-electron chi connectivity index (χ3n) is 3.77. The number of aromatic nitrogens is 1. The Morgan fingerprint density at radius 1 is 1.39 bits per heavy atom.